The largest absolute Gasteiger partial charge is 0.506 e. The molecule has 1 fully saturated rings. The summed E-state index contributed by atoms with van der Waals surface area (Å²) in [7, 11) is 0. The van der Waals surface area contributed by atoms with E-state index in [4.69, 9.17) is 5.11 Å². The molecule has 1 aliphatic heterocycles. The highest BCUT2D eigenvalue weighted by Gasteiger charge is 2.35. The van der Waals surface area contributed by atoms with Crippen molar-refractivity contribution < 1.29 is 38.6 Å². The maximum Gasteiger partial charge on any atom is 0.506 e. The molecule has 1 aromatic rings. The van der Waals surface area contributed by atoms with Gasteiger partial charge in [0.25, 0.3) is 0 Å². The van der Waals surface area contributed by atoms with Crippen molar-refractivity contribution in [2.75, 3.05) is 18.4 Å². The average molecular weight is 551 g/mol. The first-order chi connectivity index (χ1) is 18.0. The molecule has 0 radical (unpaired) electrons. The predicted octanol–water partition coefficient (Wildman–Crippen LogP) is 1.69. The molecule has 2 atom stereocenters. The number of likely N-dealkylation sites (tertiary alicyclic amines) is 1. The fourth-order valence-corrected chi connectivity index (χ4v) is 4.02. The van der Waals surface area contributed by atoms with Crippen LogP contribution in [0, 0.1) is 5.92 Å². The molecule has 38 heavy (non-hydrogen) atoms. The zero-order chi connectivity index (χ0) is 28.2. The molecular weight excluding hydrogens is 516 g/mol. The monoisotopic (exact) mass is 550 g/mol. The van der Waals surface area contributed by atoms with Gasteiger partial charge in [-0.2, -0.15) is 12.6 Å². The van der Waals surface area contributed by atoms with Gasteiger partial charge in [-0.1, -0.05) is 32.4 Å². The first kappa shape index (κ1) is 30.6. The summed E-state index contributed by atoms with van der Waals surface area (Å²) in [4.78, 5) is 72.5. The lowest BCUT2D eigenvalue weighted by atomic mass is 10.0. The van der Waals surface area contributed by atoms with Gasteiger partial charge < -0.3 is 25.8 Å². The first-order valence-corrected chi connectivity index (χ1v) is 12.8. The van der Waals surface area contributed by atoms with E-state index < -0.39 is 29.3 Å². The number of anilines is 1. The Labute approximate surface area is 226 Å². The Morgan fingerprint density at radius 3 is 2.34 bits per heavy atom. The Kier molecular flexibility index (Phi) is 12.1. The van der Waals surface area contributed by atoms with Crippen molar-refractivity contribution in [3.63, 3.8) is 0 Å². The van der Waals surface area contributed by atoms with Gasteiger partial charge in [-0.05, 0) is 36.5 Å². The van der Waals surface area contributed by atoms with Crippen LogP contribution in [0.1, 0.15) is 51.5 Å². The Balaban J connectivity index is 1.70. The van der Waals surface area contributed by atoms with Crippen LogP contribution in [0.3, 0.4) is 0 Å². The number of hydrogen-bond donors (Lipinski definition) is 5. The third-order valence-electron chi connectivity index (χ3n) is 5.79. The van der Waals surface area contributed by atoms with E-state index in [1.165, 1.54) is 4.90 Å². The number of imide groups is 1. The smallest absolute Gasteiger partial charge is 0.450 e. The molecule has 12 nitrogen and oxygen atoms in total. The summed E-state index contributed by atoms with van der Waals surface area (Å²) in [5.41, 5.74) is 1.07. The van der Waals surface area contributed by atoms with Crippen LogP contribution < -0.4 is 16.0 Å². The van der Waals surface area contributed by atoms with E-state index in [-0.39, 0.29) is 49.6 Å². The van der Waals surface area contributed by atoms with E-state index >= 15 is 0 Å². The van der Waals surface area contributed by atoms with Crippen molar-refractivity contribution in [2.45, 2.75) is 63.9 Å². The van der Waals surface area contributed by atoms with Crippen molar-refractivity contribution in [1.29, 1.82) is 0 Å². The summed E-state index contributed by atoms with van der Waals surface area (Å²) < 4.78 is 4.47. The van der Waals surface area contributed by atoms with Crippen molar-refractivity contribution in [3.05, 3.63) is 29.8 Å². The highest BCUT2D eigenvalue weighted by atomic mass is 32.1. The quantitative estimate of drug-likeness (QED) is 0.101. The number of thiol groups is 1. The molecule has 1 heterocycles. The van der Waals surface area contributed by atoms with E-state index in [1.54, 1.807) is 38.1 Å². The second kappa shape index (κ2) is 15.0. The molecule has 2 rings (SSSR count). The van der Waals surface area contributed by atoms with Crippen LogP contribution in [0.2, 0.25) is 0 Å². The topological polar surface area (TPSA) is 171 Å². The fraction of sp³-hybridized carbons (Fsp3) is 0.520. The molecule has 0 saturated carbocycles. The van der Waals surface area contributed by atoms with E-state index in [1.807, 2.05) is 0 Å². The van der Waals surface area contributed by atoms with E-state index in [2.05, 4.69) is 33.3 Å². The minimum atomic E-state index is -1.38. The van der Waals surface area contributed by atoms with Crippen molar-refractivity contribution in [2.24, 2.45) is 5.92 Å². The minimum absolute atomic E-state index is 0.112. The van der Waals surface area contributed by atoms with Gasteiger partial charge in [0, 0.05) is 25.1 Å². The number of benzene rings is 1. The third kappa shape index (κ3) is 10.0. The zero-order valence-corrected chi connectivity index (χ0v) is 22.3. The van der Waals surface area contributed by atoms with Gasteiger partial charge in [-0.25, -0.2) is 4.79 Å². The van der Waals surface area contributed by atoms with Crippen LogP contribution >= 0.6 is 12.6 Å². The number of hydrogen-bond acceptors (Lipinski definition) is 8. The maximum atomic E-state index is 12.6. The molecule has 208 valence electrons. The third-order valence-corrected chi connectivity index (χ3v) is 6.20. The molecule has 0 aliphatic carbocycles. The lowest BCUT2D eigenvalue weighted by Crippen LogP contribution is -2.51. The summed E-state index contributed by atoms with van der Waals surface area (Å²) in [6, 6.07) is 5.54. The molecule has 0 spiro atoms. The van der Waals surface area contributed by atoms with Gasteiger partial charge in [0.2, 0.25) is 29.5 Å². The number of carboxylic acid groups (broad SMARTS) is 1. The molecule has 1 saturated heterocycles. The number of ether oxygens (including phenoxy) is 1. The Morgan fingerprint density at radius 1 is 1.08 bits per heavy atom. The molecule has 0 bridgehead atoms. The van der Waals surface area contributed by atoms with E-state index in [9.17, 15) is 28.8 Å². The lowest BCUT2D eigenvalue weighted by molar-refractivity contribution is -0.138. The molecule has 0 aromatic heterocycles. The Hall–Kier alpha value is -3.61. The molecular formula is C25H34N4O8S. The normalized spacial score (nSPS) is 15.8. The van der Waals surface area contributed by atoms with E-state index in [0.29, 0.717) is 37.1 Å². The molecule has 13 heteroatoms. The van der Waals surface area contributed by atoms with E-state index in [0.717, 1.165) is 0 Å². The van der Waals surface area contributed by atoms with Crippen molar-refractivity contribution in [3.8, 4) is 0 Å². The van der Waals surface area contributed by atoms with Crippen molar-refractivity contribution in [1.82, 2.24) is 15.5 Å². The SMILES string of the molecule is CC(C)C(NC(=O)CCCCCN1C(=O)CC(S)C1=O)C(=O)NCC(=O)Nc1ccc(COC(=O)O)cc1. The van der Waals surface area contributed by atoms with Gasteiger partial charge in [0.05, 0.1) is 11.8 Å². The van der Waals surface area contributed by atoms with Crippen LogP contribution in [0.4, 0.5) is 10.5 Å². The second-order valence-corrected chi connectivity index (χ2v) is 9.84. The predicted molar refractivity (Wildman–Crippen MR) is 140 cm³/mol. The number of nitrogens with zero attached hydrogens (tertiary/aromatic N) is 1. The highest BCUT2D eigenvalue weighted by molar-refractivity contribution is 7.81. The lowest BCUT2D eigenvalue weighted by Gasteiger charge is -2.21. The Bertz CT molecular complexity index is 1030. The molecule has 2 unspecified atom stereocenters. The fourth-order valence-electron chi connectivity index (χ4n) is 3.73. The van der Waals surface area contributed by atoms with Crippen molar-refractivity contribution >= 4 is 54.0 Å². The second-order valence-electron chi connectivity index (χ2n) is 9.22. The number of unbranched alkanes of at least 4 members (excludes halogenated alkanes) is 2. The van der Waals surface area contributed by atoms with Crippen LogP contribution in [-0.4, -0.2) is 70.1 Å². The molecule has 5 amide bonds. The molecule has 1 aromatic carbocycles. The van der Waals surface area contributed by atoms with Crippen LogP contribution in [0.5, 0.6) is 0 Å². The Morgan fingerprint density at radius 2 is 1.76 bits per heavy atom. The summed E-state index contributed by atoms with van der Waals surface area (Å²) in [6.07, 6.45) is 0.654. The average Bonchev–Trinajstić information content (AvgIpc) is 3.10. The number of rotatable bonds is 14. The van der Waals surface area contributed by atoms with Crippen LogP contribution in [0.25, 0.3) is 0 Å². The number of nitrogens with one attached hydrogen (secondary N) is 3. The minimum Gasteiger partial charge on any atom is -0.450 e. The number of amides is 5. The summed E-state index contributed by atoms with van der Waals surface area (Å²) >= 11 is 4.09. The summed E-state index contributed by atoms with van der Waals surface area (Å²) in [5, 5.41) is 15.8. The van der Waals surface area contributed by atoms with Crippen LogP contribution in [-0.2, 0) is 35.3 Å². The van der Waals surface area contributed by atoms with Crippen LogP contribution in [0.15, 0.2) is 24.3 Å². The molecule has 4 N–H and O–H groups in total. The maximum absolute atomic E-state index is 12.6. The van der Waals surface area contributed by atoms with Gasteiger partial charge >= 0.3 is 6.16 Å². The first-order valence-electron chi connectivity index (χ1n) is 12.3. The highest BCUT2D eigenvalue weighted by Crippen LogP contribution is 2.18. The molecule has 1 aliphatic rings. The standard InChI is InChI=1S/C25H34N4O8S/c1-15(2)22(28-19(30)6-4-3-5-11-29-21(32)12-18(38)24(29)34)23(33)26-13-20(31)27-17-9-7-16(8-10-17)14-37-25(35)36/h7-10,15,18,22,38H,3-6,11-14H2,1-2H3,(H,26,33)(H,27,31)(H,28,30)(H,35,36). The zero-order valence-electron chi connectivity index (χ0n) is 21.4. The summed E-state index contributed by atoms with van der Waals surface area (Å²) in [5.74, 6) is -1.99. The number of carbonyl (C=O) groups is 6. The van der Waals surface area contributed by atoms with Gasteiger partial charge in [-0.15, -0.1) is 0 Å². The summed E-state index contributed by atoms with van der Waals surface area (Å²) in [6.45, 7) is 3.44. The van der Waals surface area contributed by atoms with Gasteiger partial charge in [0.15, 0.2) is 0 Å². The van der Waals surface area contributed by atoms with Gasteiger partial charge in [0.1, 0.15) is 12.6 Å². The number of carbonyl (C=O) groups excluding carboxylic acids is 5. The van der Waals surface area contributed by atoms with Gasteiger partial charge in [-0.3, -0.25) is 28.9 Å².